The molecule has 12 heteroatoms. The minimum atomic E-state index is -3.87. The second-order valence-corrected chi connectivity index (χ2v) is 7.88. The average Bonchev–Trinajstić information content (AvgIpc) is 3.45. The molecule has 3 aromatic heterocycles. The predicted octanol–water partition coefficient (Wildman–Crippen LogP) is 1.75. The molecule has 0 unspecified atom stereocenters. The van der Waals surface area contributed by atoms with E-state index in [4.69, 9.17) is 20.5 Å². The molecule has 1 fully saturated rings. The van der Waals surface area contributed by atoms with E-state index in [1.165, 1.54) is 19.6 Å². The van der Waals surface area contributed by atoms with Crippen molar-refractivity contribution in [3.8, 4) is 23.1 Å². The van der Waals surface area contributed by atoms with Crippen LogP contribution >= 0.6 is 11.6 Å². The van der Waals surface area contributed by atoms with E-state index in [1.54, 1.807) is 0 Å². The summed E-state index contributed by atoms with van der Waals surface area (Å²) >= 11 is 5.87. The molecule has 0 spiro atoms. The highest BCUT2D eigenvalue weighted by Gasteiger charge is 2.32. The maximum Gasteiger partial charge on any atom is 0.307 e. The molecule has 140 valence electrons. The normalized spacial score (nSPS) is 14.3. The van der Waals surface area contributed by atoms with Crippen molar-refractivity contribution in [2.75, 3.05) is 13.4 Å². The largest absolute Gasteiger partial charge is 0.480 e. The zero-order valence-corrected chi connectivity index (χ0v) is 15.8. The highest BCUT2D eigenvalue weighted by Crippen LogP contribution is 2.45. The van der Waals surface area contributed by atoms with Crippen LogP contribution in [0.5, 0.6) is 11.8 Å². The molecule has 0 N–H and O–H groups in total. The first-order valence-corrected chi connectivity index (χ1v) is 10.0. The average molecular weight is 409 g/mol. The van der Waals surface area contributed by atoms with Gasteiger partial charge in [0.25, 0.3) is 5.88 Å². The van der Waals surface area contributed by atoms with Crippen molar-refractivity contribution in [2.45, 2.75) is 18.8 Å². The third-order valence-corrected chi connectivity index (χ3v) is 4.44. The Morgan fingerprint density at radius 1 is 1.11 bits per heavy atom. The Hall–Kier alpha value is -2.66. The van der Waals surface area contributed by atoms with Crippen LogP contribution in [0, 0.1) is 0 Å². The molecule has 0 aromatic carbocycles. The van der Waals surface area contributed by atoms with E-state index in [-0.39, 0.29) is 39.8 Å². The van der Waals surface area contributed by atoms with Gasteiger partial charge in [-0.2, -0.15) is 13.4 Å². The number of rotatable bonds is 5. The molecule has 0 bridgehead atoms. The van der Waals surface area contributed by atoms with Crippen molar-refractivity contribution in [1.29, 1.82) is 0 Å². The summed E-state index contributed by atoms with van der Waals surface area (Å²) in [6, 6.07) is 0. The Morgan fingerprint density at radius 3 is 2.56 bits per heavy atom. The Labute approximate surface area is 159 Å². The molecule has 27 heavy (non-hydrogen) atoms. The van der Waals surface area contributed by atoms with Gasteiger partial charge in [-0.15, -0.1) is 0 Å². The minimum absolute atomic E-state index is 0.0282. The van der Waals surface area contributed by atoms with Crippen LogP contribution in [-0.4, -0.2) is 51.7 Å². The van der Waals surface area contributed by atoms with E-state index < -0.39 is 10.1 Å². The standard InChI is InChI=1S/C15H13ClN6O4S/c1-25-14-9(10(7-3-4-7)18-6-19-14)12-21-13-11(20-8(16)5-17-13)15(22-12)26-27(2,23)24/h5-7H,3-4H2,1-2H3. The second kappa shape index (κ2) is 6.50. The van der Waals surface area contributed by atoms with Gasteiger partial charge in [-0.25, -0.2) is 24.9 Å². The number of methoxy groups -OCH3 is 1. The van der Waals surface area contributed by atoms with Crippen LogP contribution in [-0.2, 0) is 10.1 Å². The van der Waals surface area contributed by atoms with Gasteiger partial charge in [0.1, 0.15) is 17.0 Å². The molecule has 0 radical (unpaired) electrons. The maximum atomic E-state index is 11.7. The number of ether oxygens (including phenoxy) is 1. The monoisotopic (exact) mass is 408 g/mol. The molecular formula is C15H13ClN6O4S. The Kier molecular flexibility index (Phi) is 4.27. The summed E-state index contributed by atoms with van der Waals surface area (Å²) in [4.78, 5) is 25.2. The van der Waals surface area contributed by atoms with E-state index in [1.807, 2.05) is 0 Å². The zero-order chi connectivity index (χ0) is 19.2. The van der Waals surface area contributed by atoms with E-state index in [9.17, 15) is 8.42 Å². The Morgan fingerprint density at radius 2 is 1.89 bits per heavy atom. The fourth-order valence-corrected chi connectivity index (χ4v) is 3.12. The third kappa shape index (κ3) is 3.60. The molecule has 3 heterocycles. The lowest BCUT2D eigenvalue weighted by molar-refractivity contribution is 0.397. The Balaban J connectivity index is 2.00. The molecule has 10 nitrogen and oxygen atoms in total. The highest BCUT2D eigenvalue weighted by molar-refractivity contribution is 7.86. The third-order valence-electron chi connectivity index (χ3n) is 3.80. The number of aromatic nitrogens is 6. The van der Waals surface area contributed by atoms with Crippen LogP contribution < -0.4 is 8.92 Å². The first-order valence-electron chi connectivity index (χ1n) is 7.84. The van der Waals surface area contributed by atoms with E-state index in [0.29, 0.717) is 5.56 Å². The smallest absolute Gasteiger partial charge is 0.307 e. The van der Waals surface area contributed by atoms with Crippen LogP contribution in [0.1, 0.15) is 24.5 Å². The number of hydrogen-bond donors (Lipinski definition) is 0. The van der Waals surface area contributed by atoms with Crippen LogP contribution in [0.15, 0.2) is 12.5 Å². The van der Waals surface area contributed by atoms with Gasteiger partial charge in [-0.1, -0.05) is 11.6 Å². The summed E-state index contributed by atoms with van der Waals surface area (Å²) < 4.78 is 33.7. The number of halogens is 1. The van der Waals surface area contributed by atoms with Gasteiger partial charge in [-0.05, 0) is 12.8 Å². The van der Waals surface area contributed by atoms with E-state index in [2.05, 4.69) is 29.9 Å². The second-order valence-electron chi connectivity index (χ2n) is 5.92. The van der Waals surface area contributed by atoms with Gasteiger partial charge in [-0.3, -0.25) is 0 Å². The molecular weight excluding hydrogens is 396 g/mol. The summed E-state index contributed by atoms with van der Waals surface area (Å²) in [5.41, 5.74) is 1.35. The van der Waals surface area contributed by atoms with Gasteiger partial charge in [0.05, 0.1) is 25.3 Å². The molecule has 1 aliphatic rings. The summed E-state index contributed by atoms with van der Waals surface area (Å²) in [6.45, 7) is 0. The zero-order valence-electron chi connectivity index (χ0n) is 14.2. The van der Waals surface area contributed by atoms with E-state index >= 15 is 0 Å². The molecule has 0 amide bonds. The summed E-state index contributed by atoms with van der Waals surface area (Å²) in [5, 5.41) is 0.0523. The van der Waals surface area contributed by atoms with Crippen molar-refractivity contribution >= 4 is 32.9 Å². The van der Waals surface area contributed by atoms with Gasteiger partial charge >= 0.3 is 10.1 Å². The molecule has 1 aliphatic carbocycles. The van der Waals surface area contributed by atoms with Crippen molar-refractivity contribution in [1.82, 2.24) is 29.9 Å². The summed E-state index contributed by atoms with van der Waals surface area (Å²) in [6.07, 6.45) is 5.56. The topological polar surface area (TPSA) is 130 Å². The Bertz CT molecular complexity index is 1150. The van der Waals surface area contributed by atoms with Crippen molar-refractivity contribution in [3.05, 3.63) is 23.4 Å². The van der Waals surface area contributed by atoms with Gasteiger partial charge in [0, 0.05) is 5.92 Å². The fraction of sp³-hybridized carbons (Fsp3) is 0.333. The molecule has 3 aromatic rings. The molecule has 1 saturated carbocycles. The first kappa shape index (κ1) is 17.7. The number of fused-ring (bicyclic) bond motifs is 1. The van der Waals surface area contributed by atoms with Crippen molar-refractivity contribution in [3.63, 3.8) is 0 Å². The van der Waals surface area contributed by atoms with Crippen molar-refractivity contribution in [2.24, 2.45) is 0 Å². The van der Waals surface area contributed by atoms with E-state index in [0.717, 1.165) is 24.8 Å². The number of hydrogen-bond acceptors (Lipinski definition) is 10. The molecule has 0 atom stereocenters. The summed E-state index contributed by atoms with van der Waals surface area (Å²) in [7, 11) is -2.40. The number of nitrogens with zero attached hydrogens (tertiary/aromatic N) is 6. The van der Waals surface area contributed by atoms with Gasteiger partial charge in [0.2, 0.25) is 5.88 Å². The van der Waals surface area contributed by atoms with Crippen LogP contribution in [0.3, 0.4) is 0 Å². The first-order chi connectivity index (χ1) is 12.9. The summed E-state index contributed by atoms with van der Waals surface area (Å²) in [5.74, 6) is 0.377. The fourth-order valence-electron chi connectivity index (χ4n) is 2.59. The SMILES string of the molecule is COc1ncnc(C2CC2)c1-c1nc(OS(C)(=O)=O)c2nc(Cl)cnc2n1. The molecule has 0 aliphatic heterocycles. The minimum Gasteiger partial charge on any atom is -0.480 e. The lowest BCUT2D eigenvalue weighted by Crippen LogP contribution is -2.10. The quantitative estimate of drug-likeness (QED) is 0.575. The van der Waals surface area contributed by atoms with Gasteiger partial charge in [0.15, 0.2) is 17.0 Å². The highest BCUT2D eigenvalue weighted by atomic mass is 35.5. The van der Waals surface area contributed by atoms with Crippen LogP contribution in [0.25, 0.3) is 22.6 Å². The van der Waals surface area contributed by atoms with Crippen LogP contribution in [0.4, 0.5) is 0 Å². The lowest BCUT2D eigenvalue weighted by atomic mass is 10.1. The van der Waals surface area contributed by atoms with Gasteiger partial charge < -0.3 is 8.92 Å². The molecule has 0 saturated heterocycles. The van der Waals surface area contributed by atoms with Crippen molar-refractivity contribution < 1.29 is 17.3 Å². The maximum absolute atomic E-state index is 11.7. The predicted molar refractivity (Wildman–Crippen MR) is 95.2 cm³/mol. The lowest BCUT2D eigenvalue weighted by Gasteiger charge is -2.12. The molecule has 4 rings (SSSR count). The van der Waals surface area contributed by atoms with Crippen LogP contribution in [0.2, 0.25) is 5.15 Å².